The van der Waals surface area contributed by atoms with Crippen LogP contribution in [0, 0.1) is 11.6 Å². The van der Waals surface area contributed by atoms with Gasteiger partial charge in [-0.25, -0.2) is 8.78 Å². The molecular weight excluding hydrogens is 1060 g/mol. The Morgan fingerprint density at radius 3 is 1.28 bits per heavy atom. The summed E-state index contributed by atoms with van der Waals surface area (Å²) < 4.78 is 48.0. The van der Waals surface area contributed by atoms with Gasteiger partial charge in [0.2, 0.25) is 0 Å². The highest BCUT2D eigenvalue weighted by Crippen LogP contribution is 2.66. The lowest BCUT2D eigenvalue weighted by molar-refractivity contribution is 0.584. The SMILES string of the molecule is CCc1ccc(N(c2cc3c(c4ccccc24)-c2c(cc(N(c4ccc(CC)cc4)c4cccc5c4oc4c(F)cccc45)c4ccccc24)C32c3ccccc3-n3c4ccccc4c4cccc2c43)c2cccc3c2oc2c(F)cccc23)cc1. The minimum absolute atomic E-state index is 0.230. The predicted molar refractivity (Wildman–Crippen MR) is 349 cm³/mol. The first kappa shape index (κ1) is 48.7. The zero-order chi connectivity index (χ0) is 57.1. The smallest absolute Gasteiger partial charge is 0.171 e. The van der Waals surface area contributed by atoms with Crippen LogP contribution in [0.4, 0.5) is 42.9 Å². The molecule has 16 aromatic rings. The topological polar surface area (TPSA) is 37.7 Å². The fourth-order valence-corrected chi connectivity index (χ4v) is 15.1. The van der Waals surface area contributed by atoms with E-state index in [9.17, 15) is 0 Å². The molecular formula is C79H51F2N3O2. The summed E-state index contributed by atoms with van der Waals surface area (Å²) in [5.74, 6) is -0.805. The number of halogens is 2. The molecule has 3 aromatic heterocycles. The molecule has 18 rings (SSSR count). The zero-order valence-electron chi connectivity index (χ0n) is 47.0. The first-order valence-corrected chi connectivity index (χ1v) is 29.7. The maximum Gasteiger partial charge on any atom is 0.171 e. The van der Waals surface area contributed by atoms with Gasteiger partial charge in [0.15, 0.2) is 34.0 Å². The van der Waals surface area contributed by atoms with Gasteiger partial charge in [0, 0.05) is 54.5 Å². The number of anilines is 6. The van der Waals surface area contributed by atoms with Gasteiger partial charge in [-0.2, -0.15) is 0 Å². The summed E-state index contributed by atoms with van der Waals surface area (Å²) in [5, 5.41) is 9.72. The van der Waals surface area contributed by atoms with E-state index in [1.54, 1.807) is 12.1 Å². The fourth-order valence-electron chi connectivity index (χ4n) is 15.1. The number of furan rings is 2. The Bertz CT molecular complexity index is 5290. The number of nitrogens with zero attached hydrogens (tertiary/aromatic N) is 3. The molecule has 1 aliphatic heterocycles. The lowest BCUT2D eigenvalue weighted by atomic mass is 9.65. The Morgan fingerprint density at radius 2 is 0.756 bits per heavy atom. The second-order valence-corrected chi connectivity index (χ2v) is 23.0. The molecule has 7 heteroatoms. The van der Waals surface area contributed by atoms with Gasteiger partial charge in [0.05, 0.1) is 44.9 Å². The molecule has 0 N–H and O–H groups in total. The molecule has 0 unspecified atom stereocenters. The van der Waals surface area contributed by atoms with Crippen molar-refractivity contribution in [2.75, 3.05) is 9.80 Å². The van der Waals surface area contributed by atoms with Gasteiger partial charge in [-0.3, -0.25) is 0 Å². The Morgan fingerprint density at radius 1 is 0.349 bits per heavy atom. The standard InChI is InChI=1S/C79H51F2N3O2/c1-3-46-36-40-48(41-37-46)82(68-34-16-26-58-56-24-14-30-64(80)75(56)85-77(58)68)70-44-62-72(53-21-7-5-18-50(53)70)73-54-22-8-6-19-51(54)71(83(49-42-38-47(4-2)39-43-49)69-35-17-27-59-57-25-15-31-65(81)76(57)86-78(59)69)45-63(73)79(62)60-28-10-12-33-67(60)84-66-32-11-9-20-52(66)55-23-13-29-61(79)74(55)84/h5-45H,3-4H2,1-2H3. The van der Waals surface area contributed by atoms with Gasteiger partial charge in [0.25, 0.3) is 0 Å². The third kappa shape index (κ3) is 6.46. The predicted octanol–water partition coefficient (Wildman–Crippen LogP) is 21.9. The minimum atomic E-state index is -0.971. The van der Waals surface area contributed by atoms with E-state index in [4.69, 9.17) is 8.83 Å². The normalized spacial score (nSPS) is 13.1. The molecule has 0 atom stereocenters. The van der Waals surface area contributed by atoms with Crippen LogP contribution >= 0.6 is 0 Å². The van der Waals surface area contributed by atoms with Crippen molar-refractivity contribution in [1.29, 1.82) is 0 Å². The number of hydrogen-bond acceptors (Lipinski definition) is 4. The molecule has 13 aromatic carbocycles. The van der Waals surface area contributed by atoms with Gasteiger partial charge in [-0.1, -0.05) is 190 Å². The quantitative estimate of drug-likeness (QED) is 0.152. The number of fused-ring (bicyclic) bond motifs is 22. The Hall–Kier alpha value is -10.8. The number of rotatable bonds is 8. The average Bonchev–Trinajstić information content (AvgIpc) is 1.49. The second kappa shape index (κ2) is 18.1. The molecule has 1 spiro atoms. The van der Waals surface area contributed by atoms with Crippen LogP contribution in [0.15, 0.2) is 258 Å². The van der Waals surface area contributed by atoms with Crippen LogP contribution in [0.2, 0.25) is 0 Å². The maximum atomic E-state index is 16.0. The van der Waals surface area contributed by atoms with Crippen molar-refractivity contribution in [3.8, 4) is 16.8 Å². The largest absolute Gasteiger partial charge is 0.451 e. The van der Waals surface area contributed by atoms with Crippen LogP contribution in [0.1, 0.15) is 47.2 Å². The van der Waals surface area contributed by atoms with Crippen molar-refractivity contribution in [3.05, 3.63) is 294 Å². The summed E-state index contributed by atoms with van der Waals surface area (Å²) in [6.07, 6.45) is 1.76. The van der Waals surface area contributed by atoms with Crippen molar-refractivity contribution < 1.29 is 17.6 Å². The lowest BCUT2D eigenvalue weighted by Gasteiger charge is -2.40. The van der Waals surface area contributed by atoms with Gasteiger partial charge < -0.3 is 23.2 Å². The molecule has 2 aliphatic rings. The minimum Gasteiger partial charge on any atom is -0.451 e. The molecule has 1 aliphatic carbocycles. The molecule has 0 amide bonds. The molecule has 5 nitrogen and oxygen atoms in total. The van der Waals surface area contributed by atoms with Crippen molar-refractivity contribution in [2.24, 2.45) is 0 Å². The van der Waals surface area contributed by atoms with Crippen molar-refractivity contribution in [3.63, 3.8) is 0 Å². The van der Waals surface area contributed by atoms with E-state index in [1.807, 2.05) is 24.3 Å². The molecule has 0 saturated carbocycles. The number of hydrogen-bond donors (Lipinski definition) is 0. The number of benzene rings is 13. The Kier molecular flexibility index (Phi) is 10.3. The summed E-state index contributed by atoms with van der Waals surface area (Å²) >= 11 is 0. The van der Waals surface area contributed by atoms with Crippen LogP contribution in [0.5, 0.6) is 0 Å². The third-order valence-electron chi connectivity index (χ3n) is 18.8. The highest BCUT2D eigenvalue weighted by atomic mass is 19.1. The first-order valence-electron chi connectivity index (χ1n) is 29.7. The molecule has 86 heavy (non-hydrogen) atoms. The van der Waals surface area contributed by atoms with Crippen LogP contribution in [-0.2, 0) is 18.3 Å². The highest BCUT2D eigenvalue weighted by molar-refractivity contribution is 6.22. The maximum absolute atomic E-state index is 16.0. The van der Waals surface area contributed by atoms with E-state index in [2.05, 4.69) is 228 Å². The van der Waals surface area contributed by atoms with E-state index in [0.29, 0.717) is 11.2 Å². The Balaban J connectivity index is 1.03. The van der Waals surface area contributed by atoms with Crippen LogP contribution < -0.4 is 9.80 Å². The summed E-state index contributed by atoms with van der Waals surface area (Å²) in [7, 11) is 0. The van der Waals surface area contributed by atoms with Crippen LogP contribution in [-0.4, -0.2) is 4.57 Å². The first-order chi connectivity index (χ1) is 42.4. The third-order valence-corrected chi connectivity index (χ3v) is 18.8. The van der Waals surface area contributed by atoms with Crippen LogP contribution in [0.3, 0.4) is 0 Å². The van der Waals surface area contributed by atoms with Crippen molar-refractivity contribution in [1.82, 2.24) is 4.57 Å². The van der Waals surface area contributed by atoms with Gasteiger partial charge >= 0.3 is 0 Å². The number of aromatic nitrogens is 1. The lowest BCUT2D eigenvalue weighted by Crippen LogP contribution is -2.34. The molecule has 0 fully saturated rings. The fraction of sp³-hybridized carbons (Fsp3) is 0.0633. The second-order valence-electron chi connectivity index (χ2n) is 23.0. The zero-order valence-corrected chi connectivity index (χ0v) is 47.0. The molecule has 4 heterocycles. The molecule has 0 saturated heterocycles. The Labute approximate surface area is 493 Å². The van der Waals surface area contributed by atoms with Crippen LogP contribution in [0.25, 0.3) is 104 Å². The number of para-hydroxylation sites is 7. The number of aryl methyl sites for hydroxylation is 2. The summed E-state index contributed by atoms with van der Waals surface area (Å²) in [6.45, 7) is 4.36. The summed E-state index contributed by atoms with van der Waals surface area (Å²) in [6, 6.07) is 87.8. The molecule has 408 valence electrons. The van der Waals surface area contributed by atoms with Crippen molar-refractivity contribution in [2.45, 2.75) is 32.1 Å². The van der Waals surface area contributed by atoms with E-state index < -0.39 is 17.0 Å². The van der Waals surface area contributed by atoms with E-state index >= 15 is 8.78 Å². The highest BCUT2D eigenvalue weighted by Gasteiger charge is 2.53. The molecule has 0 radical (unpaired) electrons. The van der Waals surface area contributed by atoms with Gasteiger partial charge in [-0.05, 0) is 141 Å². The van der Waals surface area contributed by atoms with E-state index in [0.717, 1.165) is 140 Å². The average molecular weight is 1110 g/mol. The summed E-state index contributed by atoms with van der Waals surface area (Å²) in [4.78, 5) is 4.69. The van der Waals surface area contributed by atoms with E-state index in [-0.39, 0.29) is 11.2 Å². The monoisotopic (exact) mass is 1110 g/mol. The van der Waals surface area contributed by atoms with Gasteiger partial charge in [0.1, 0.15) is 0 Å². The van der Waals surface area contributed by atoms with Crippen molar-refractivity contribution >= 4 is 121 Å². The van der Waals surface area contributed by atoms with Gasteiger partial charge in [-0.15, -0.1) is 0 Å². The summed E-state index contributed by atoms with van der Waals surface area (Å²) in [5.41, 5.74) is 18.7. The van der Waals surface area contributed by atoms with E-state index in [1.165, 1.54) is 34.0 Å². The molecule has 0 bridgehead atoms.